The number of fused-ring (bicyclic) bond motifs is 5. The molecule has 1 aromatic heterocycles. The van der Waals surface area contributed by atoms with Crippen LogP contribution in [0.2, 0.25) is 0 Å². The summed E-state index contributed by atoms with van der Waals surface area (Å²) in [6.45, 7) is 5.21. The van der Waals surface area contributed by atoms with E-state index in [0.29, 0.717) is 0 Å². The first-order valence-corrected chi connectivity index (χ1v) is 15.0. The Balaban J connectivity index is 0.000000695. The SMILES string of the molecule is C=C/C=C\C=C1/Sc2c1ccc1c3c(n(-c4cccc(-c5ccccc5CC5=CC=CCC5)c4)c21)C=C=C3.CC#N.NN. The highest BCUT2D eigenvalue weighted by atomic mass is 32.2. The molecule has 4 N–H and O–H groups in total. The van der Waals surface area contributed by atoms with Gasteiger partial charge in [-0.25, -0.2) is 0 Å². The van der Waals surface area contributed by atoms with Gasteiger partial charge >= 0.3 is 0 Å². The van der Waals surface area contributed by atoms with Gasteiger partial charge in [0.1, 0.15) is 0 Å². The van der Waals surface area contributed by atoms with Crippen LogP contribution in [0.5, 0.6) is 0 Å². The van der Waals surface area contributed by atoms with Crippen molar-refractivity contribution >= 4 is 39.7 Å². The molecule has 5 heteroatoms. The summed E-state index contributed by atoms with van der Waals surface area (Å²) in [5.74, 6) is 8.00. The normalized spacial score (nSPS) is 14.7. The van der Waals surface area contributed by atoms with E-state index in [4.69, 9.17) is 5.26 Å². The molecule has 0 fully saturated rings. The number of thioether (sulfide) groups is 1. The number of benzene rings is 3. The molecule has 0 spiro atoms. The summed E-state index contributed by atoms with van der Waals surface area (Å²) < 4.78 is 2.43. The minimum atomic E-state index is 0.999. The second kappa shape index (κ2) is 13.9. The predicted octanol–water partition coefficient (Wildman–Crippen LogP) is 9.29. The first kappa shape index (κ1) is 29.7. The van der Waals surface area contributed by atoms with Crippen LogP contribution in [0.4, 0.5) is 0 Å². The van der Waals surface area contributed by atoms with E-state index in [2.05, 4.69) is 132 Å². The average Bonchev–Trinajstić information content (AvgIpc) is 3.63. The molecule has 0 radical (unpaired) electrons. The van der Waals surface area contributed by atoms with Crippen molar-refractivity contribution in [2.75, 3.05) is 0 Å². The van der Waals surface area contributed by atoms with Gasteiger partial charge in [-0.2, -0.15) is 5.26 Å². The van der Waals surface area contributed by atoms with Gasteiger partial charge in [0, 0.05) is 45.0 Å². The Hall–Kier alpha value is -4.82. The molecule has 7 rings (SSSR count). The number of hydrazine groups is 1. The van der Waals surface area contributed by atoms with Gasteiger partial charge < -0.3 is 4.57 Å². The predicted molar refractivity (Wildman–Crippen MR) is 184 cm³/mol. The van der Waals surface area contributed by atoms with Crippen molar-refractivity contribution in [2.45, 2.75) is 31.1 Å². The zero-order valence-corrected chi connectivity index (χ0v) is 25.1. The van der Waals surface area contributed by atoms with Crippen molar-refractivity contribution in [2.24, 2.45) is 11.7 Å². The minimum Gasteiger partial charge on any atom is -0.307 e. The Labute approximate surface area is 258 Å². The third-order valence-corrected chi connectivity index (χ3v) is 8.73. The van der Waals surface area contributed by atoms with Crippen molar-refractivity contribution in [3.63, 3.8) is 0 Å². The highest BCUT2D eigenvalue weighted by Gasteiger charge is 2.28. The average molecular weight is 579 g/mol. The van der Waals surface area contributed by atoms with E-state index < -0.39 is 0 Å². The summed E-state index contributed by atoms with van der Waals surface area (Å²) in [4.78, 5) is 2.65. The molecule has 2 aliphatic carbocycles. The lowest BCUT2D eigenvalue weighted by Gasteiger charge is -2.24. The molecule has 212 valence electrons. The molecule has 0 unspecified atom stereocenters. The molecular weight excluding hydrogens is 545 g/mol. The number of hydrogen-bond donors (Lipinski definition) is 2. The summed E-state index contributed by atoms with van der Waals surface area (Å²) in [6, 6.07) is 24.2. The second-order valence-corrected chi connectivity index (χ2v) is 11.1. The van der Waals surface area contributed by atoms with E-state index in [0.717, 1.165) is 19.3 Å². The van der Waals surface area contributed by atoms with Gasteiger partial charge in [-0.1, -0.05) is 109 Å². The van der Waals surface area contributed by atoms with Gasteiger partial charge in [0.05, 0.1) is 17.3 Å². The maximum Gasteiger partial charge on any atom is 0.0687 e. The van der Waals surface area contributed by atoms with E-state index in [9.17, 15) is 0 Å². The molecule has 3 aromatic carbocycles. The van der Waals surface area contributed by atoms with Crippen LogP contribution in [0.1, 0.15) is 42.1 Å². The summed E-state index contributed by atoms with van der Waals surface area (Å²) in [6.07, 6.45) is 22.3. The second-order valence-electron chi connectivity index (χ2n) is 10.1. The maximum atomic E-state index is 7.32. The summed E-state index contributed by atoms with van der Waals surface area (Å²) in [5.41, 5.74) is 15.1. The molecule has 2 heterocycles. The Bertz CT molecular complexity index is 1920. The van der Waals surface area contributed by atoms with Crippen LogP contribution in [0.3, 0.4) is 0 Å². The molecule has 4 nitrogen and oxygen atoms in total. The fourth-order valence-corrected chi connectivity index (χ4v) is 6.81. The first-order chi connectivity index (χ1) is 21.2. The van der Waals surface area contributed by atoms with Crippen LogP contribution in [0.15, 0.2) is 126 Å². The number of hydrogen-bond acceptors (Lipinski definition) is 4. The van der Waals surface area contributed by atoms with Crippen molar-refractivity contribution < 1.29 is 0 Å². The van der Waals surface area contributed by atoms with Crippen LogP contribution in [0.25, 0.3) is 44.8 Å². The first-order valence-electron chi connectivity index (χ1n) is 14.2. The number of allylic oxidation sites excluding steroid dienone is 8. The molecule has 43 heavy (non-hydrogen) atoms. The lowest BCUT2D eigenvalue weighted by molar-refractivity contribution is 0.912. The Morgan fingerprint density at radius 3 is 2.67 bits per heavy atom. The van der Waals surface area contributed by atoms with E-state index in [1.165, 1.54) is 72.4 Å². The Kier molecular flexibility index (Phi) is 9.59. The fourth-order valence-electron chi connectivity index (χ4n) is 5.73. The smallest absolute Gasteiger partial charge is 0.0687 e. The van der Waals surface area contributed by atoms with Crippen molar-refractivity contribution in [1.82, 2.24) is 4.57 Å². The molecule has 0 saturated carbocycles. The summed E-state index contributed by atoms with van der Waals surface area (Å²) >= 11 is 1.86. The zero-order chi connectivity index (χ0) is 30.2. The number of aromatic nitrogens is 1. The van der Waals surface area contributed by atoms with Gasteiger partial charge in [0.25, 0.3) is 0 Å². The lowest BCUT2D eigenvalue weighted by atomic mass is 9.92. The van der Waals surface area contributed by atoms with Gasteiger partial charge in [-0.3, -0.25) is 11.7 Å². The lowest BCUT2D eigenvalue weighted by Crippen LogP contribution is -2.03. The molecule has 4 aromatic rings. The molecule has 0 amide bonds. The monoisotopic (exact) mass is 578 g/mol. The Morgan fingerprint density at radius 1 is 1.05 bits per heavy atom. The molecule has 3 aliphatic rings. The highest BCUT2D eigenvalue weighted by molar-refractivity contribution is 8.10. The Morgan fingerprint density at radius 2 is 1.88 bits per heavy atom. The van der Waals surface area contributed by atoms with Crippen molar-refractivity contribution in [1.29, 1.82) is 5.26 Å². The van der Waals surface area contributed by atoms with E-state index >= 15 is 0 Å². The maximum absolute atomic E-state index is 7.32. The van der Waals surface area contributed by atoms with Crippen LogP contribution in [-0.2, 0) is 6.42 Å². The van der Waals surface area contributed by atoms with Crippen LogP contribution >= 0.6 is 11.8 Å². The van der Waals surface area contributed by atoms with E-state index in [1.54, 1.807) is 6.07 Å². The standard InChI is InChI=1S/C36H27NS.C2H3N.H4N2/c1-2-3-5-20-34-32-22-21-31-30-18-11-19-33(30)37(35(31)36(32)38-34)28-16-10-15-27(24-28)29-17-9-8-14-26(29)23-25-12-6-4-7-13-25;1-2-3;1-2/h2-6,8-10,12,14-22,24H,1,7,13,23H2;1H3;1-2H2/b5-3-,34-20-;;. The number of nitriles is 1. The molecule has 0 saturated heterocycles. The van der Waals surface area contributed by atoms with Crippen molar-refractivity contribution in [3.8, 4) is 22.9 Å². The number of nitrogens with two attached hydrogens (primary N) is 2. The van der Waals surface area contributed by atoms with E-state index in [1.807, 2.05) is 23.9 Å². The summed E-state index contributed by atoms with van der Waals surface area (Å²) in [5, 5.41) is 8.61. The fraction of sp³-hybridized carbons (Fsp3) is 0.105. The van der Waals surface area contributed by atoms with Crippen LogP contribution in [0, 0.1) is 11.3 Å². The third-order valence-electron chi connectivity index (χ3n) is 7.53. The van der Waals surface area contributed by atoms with E-state index in [-0.39, 0.29) is 0 Å². The van der Waals surface area contributed by atoms with Gasteiger partial charge in [0.15, 0.2) is 0 Å². The van der Waals surface area contributed by atoms with Gasteiger partial charge in [-0.15, -0.1) is 5.73 Å². The zero-order valence-electron chi connectivity index (χ0n) is 24.3. The third kappa shape index (κ3) is 5.92. The number of rotatable bonds is 6. The largest absolute Gasteiger partial charge is 0.307 e. The molecular formula is C38H34N4S. The molecule has 0 atom stereocenters. The quantitative estimate of drug-likeness (QED) is 0.0910. The topological polar surface area (TPSA) is 80.8 Å². The molecule has 0 bridgehead atoms. The highest BCUT2D eigenvalue weighted by Crippen LogP contribution is 2.54. The van der Waals surface area contributed by atoms with Gasteiger partial charge in [0.2, 0.25) is 0 Å². The molecule has 1 aliphatic heterocycles. The minimum absolute atomic E-state index is 0.999. The number of nitrogens with zero attached hydrogens (tertiary/aromatic N) is 2. The van der Waals surface area contributed by atoms with Crippen LogP contribution < -0.4 is 11.7 Å². The summed E-state index contributed by atoms with van der Waals surface area (Å²) in [7, 11) is 0. The van der Waals surface area contributed by atoms with Gasteiger partial charge in [-0.05, 0) is 60.2 Å². The van der Waals surface area contributed by atoms with Crippen molar-refractivity contribution in [3.05, 3.63) is 143 Å². The van der Waals surface area contributed by atoms with Crippen LogP contribution in [-0.4, -0.2) is 4.57 Å².